The van der Waals surface area contributed by atoms with E-state index in [-0.39, 0.29) is 12.5 Å². The Morgan fingerprint density at radius 3 is 2.78 bits per heavy atom. The van der Waals surface area contributed by atoms with E-state index in [4.69, 9.17) is 16.3 Å². The quantitative estimate of drug-likeness (QED) is 0.825. The summed E-state index contributed by atoms with van der Waals surface area (Å²) in [6.07, 6.45) is 1.76. The number of anilines is 1. The van der Waals surface area contributed by atoms with Gasteiger partial charge in [-0.15, -0.1) is 0 Å². The van der Waals surface area contributed by atoms with Gasteiger partial charge in [0.1, 0.15) is 5.75 Å². The third kappa shape index (κ3) is 4.80. The molecule has 0 saturated carbocycles. The lowest BCUT2D eigenvalue weighted by Gasteiger charge is -2.28. The van der Waals surface area contributed by atoms with Crippen LogP contribution in [-0.4, -0.2) is 38.0 Å². The zero-order chi connectivity index (χ0) is 19.6. The standard InChI is InChI=1S/C19H21ClN2O4S/c1-13-10-15(6-7-17(13)20)26-12-19(23)21-18-5-3-4-14-11-22(27(2,24)25)9-8-16(14)18/h3-7,10H,8-9,11-12H2,1-2H3,(H,21,23). The summed E-state index contributed by atoms with van der Waals surface area (Å²) in [7, 11) is -3.23. The molecule has 0 unspecified atom stereocenters. The van der Waals surface area contributed by atoms with Crippen molar-refractivity contribution in [2.45, 2.75) is 19.9 Å². The summed E-state index contributed by atoms with van der Waals surface area (Å²) >= 11 is 5.98. The summed E-state index contributed by atoms with van der Waals surface area (Å²) in [6, 6.07) is 10.7. The Morgan fingerprint density at radius 1 is 1.30 bits per heavy atom. The smallest absolute Gasteiger partial charge is 0.262 e. The van der Waals surface area contributed by atoms with E-state index in [9.17, 15) is 13.2 Å². The first kappa shape index (κ1) is 19.7. The molecular weight excluding hydrogens is 388 g/mol. The van der Waals surface area contributed by atoms with Crippen LogP contribution in [-0.2, 0) is 27.8 Å². The fraction of sp³-hybridized carbons (Fsp3) is 0.316. The number of benzene rings is 2. The number of rotatable bonds is 5. The molecule has 0 aromatic heterocycles. The molecule has 2 aromatic carbocycles. The molecule has 0 radical (unpaired) electrons. The lowest BCUT2D eigenvalue weighted by molar-refractivity contribution is -0.118. The van der Waals surface area contributed by atoms with E-state index in [1.165, 1.54) is 10.6 Å². The van der Waals surface area contributed by atoms with Crippen molar-refractivity contribution in [3.63, 3.8) is 0 Å². The van der Waals surface area contributed by atoms with E-state index in [1.807, 2.05) is 25.1 Å². The summed E-state index contributed by atoms with van der Waals surface area (Å²) in [4.78, 5) is 12.3. The number of carbonyl (C=O) groups is 1. The minimum atomic E-state index is -3.23. The number of aryl methyl sites for hydroxylation is 1. The second-order valence-electron chi connectivity index (χ2n) is 6.54. The predicted molar refractivity (Wildman–Crippen MR) is 106 cm³/mol. The summed E-state index contributed by atoms with van der Waals surface area (Å²) in [5.74, 6) is 0.299. The Balaban J connectivity index is 1.66. The molecule has 8 heteroatoms. The lowest BCUT2D eigenvalue weighted by Crippen LogP contribution is -2.35. The molecule has 0 atom stereocenters. The van der Waals surface area contributed by atoms with Crippen LogP contribution >= 0.6 is 11.6 Å². The fourth-order valence-corrected chi connectivity index (χ4v) is 3.94. The van der Waals surface area contributed by atoms with Gasteiger partial charge in [-0.1, -0.05) is 23.7 Å². The number of halogens is 1. The van der Waals surface area contributed by atoms with Crippen LogP contribution in [0.4, 0.5) is 5.69 Å². The molecule has 0 fully saturated rings. The second kappa shape index (κ2) is 7.88. The van der Waals surface area contributed by atoms with E-state index in [1.54, 1.807) is 18.2 Å². The highest BCUT2D eigenvalue weighted by atomic mass is 35.5. The van der Waals surface area contributed by atoms with E-state index >= 15 is 0 Å². The number of hydrogen-bond donors (Lipinski definition) is 1. The highest BCUT2D eigenvalue weighted by molar-refractivity contribution is 7.88. The Labute approximate surface area is 164 Å². The first-order valence-electron chi connectivity index (χ1n) is 8.49. The van der Waals surface area contributed by atoms with Crippen molar-refractivity contribution in [3.05, 3.63) is 58.1 Å². The van der Waals surface area contributed by atoms with Crippen LogP contribution < -0.4 is 10.1 Å². The Hall–Kier alpha value is -2.09. The van der Waals surface area contributed by atoms with Gasteiger partial charge in [-0.2, -0.15) is 4.31 Å². The molecule has 6 nitrogen and oxygen atoms in total. The van der Waals surface area contributed by atoms with Crippen molar-refractivity contribution in [1.29, 1.82) is 0 Å². The molecule has 0 bridgehead atoms. The van der Waals surface area contributed by atoms with Crippen molar-refractivity contribution in [2.24, 2.45) is 0 Å². The van der Waals surface area contributed by atoms with Crippen molar-refractivity contribution >= 4 is 33.2 Å². The van der Waals surface area contributed by atoms with E-state index in [2.05, 4.69) is 5.32 Å². The van der Waals surface area contributed by atoms with E-state index in [0.717, 1.165) is 16.7 Å². The Kier molecular flexibility index (Phi) is 5.74. The van der Waals surface area contributed by atoms with Gasteiger partial charge in [-0.25, -0.2) is 8.42 Å². The first-order valence-corrected chi connectivity index (χ1v) is 10.7. The largest absolute Gasteiger partial charge is 0.484 e. The zero-order valence-corrected chi connectivity index (χ0v) is 16.7. The molecule has 3 rings (SSSR count). The zero-order valence-electron chi connectivity index (χ0n) is 15.2. The van der Waals surface area contributed by atoms with Gasteiger partial charge >= 0.3 is 0 Å². The lowest BCUT2D eigenvalue weighted by atomic mass is 9.99. The summed E-state index contributed by atoms with van der Waals surface area (Å²) in [6.45, 7) is 2.46. The highest BCUT2D eigenvalue weighted by Gasteiger charge is 2.24. The fourth-order valence-electron chi connectivity index (χ4n) is 3.03. The molecule has 0 aliphatic carbocycles. The number of amides is 1. The van der Waals surface area contributed by atoms with Crippen LogP contribution in [0.1, 0.15) is 16.7 Å². The Morgan fingerprint density at radius 2 is 2.07 bits per heavy atom. The Bertz CT molecular complexity index is 976. The van der Waals surface area contributed by atoms with Gasteiger partial charge in [0.25, 0.3) is 5.91 Å². The molecule has 1 aliphatic rings. The minimum absolute atomic E-state index is 0.125. The van der Waals surface area contributed by atoms with Crippen LogP contribution in [0.25, 0.3) is 0 Å². The van der Waals surface area contributed by atoms with Crippen molar-refractivity contribution in [1.82, 2.24) is 4.31 Å². The minimum Gasteiger partial charge on any atom is -0.484 e. The topological polar surface area (TPSA) is 75.7 Å². The molecule has 1 heterocycles. The molecule has 27 heavy (non-hydrogen) atoms. The third-order valence-electron chi connectivity index (χ3n) is 4.47. The molecule has 144 valence electrons. The van der Waals surface area contributed by atoms with Crippen LogP contribution in [0.3, 0.4) is 0 Å². The number of sulfonamides is 1. The highest BCUT2D eigenvalue weighted by Crippen LogP contribution is 2.27. The molecule has 0 spiro atoms. The van der Waals surface area contributed by atoms with Crippen LogP contribution in [0.15, 0.2) is 36.4 Å². The van der Waals surface area contributed by atoms with Gasteiger partial charge in [0.2, 0.25) is 10.0 Å². The number of hydrogen-bond acceptors (Lipinski definition) is 4. The number of carbonyl (C=O) groups excluding carboxylic acids is 1. The number of fused-ring (bicyclic) bond motifs is 1. The molecule has 0 saturated heterocycles. The van der Waals surface area contributed by atoms with Gasteiger partial charge in [0, 0.05) is 23.8 Å². The molecule has 1 N–H and O–H groups in total. The molecular formula is C19H21ClN2O4S. The first-order chi connectivity index (χ1) is 12.7. The average Bonchev–Trinajstić information content (AvgIpc) is 2.62. The van der Waals surface area contributed by atoms with E-state index in [0.29, 0.717) is 36.0 Å². The van der Waals surface area contributed by atoms with E-state index < -0.39 is 10.0 Å². The molecule has 1 amide bonds. The maximum atomic E-state index is 12.3. The van der Waals surface area contributed by atoms with Crippen molar-refractivity contribution in [3.8, 4) is 5.75 Å². The van der Waals surface area contributed by atoms with Gasteiger partial charge < -0.3 is 10.1 Å². The SMILES string of the molecule is Cc1cc(OCC(=O)Nc2cccc3c2CCN(S(C)(=O)=O)C3)ccc1Cl. The normalized spacial score (nSPS) is 14.5. The van der Waals surface area contributed by atoms with Gasteiger partial charge in [0.05, 0.1) is 6.26 Å². The van der Waals surface area contributed by atoms with Gasteiger partial charge in [-0.3, -0.25) is 4.79 Å². The van der Waals surface area contributed by atoms with Crippen molar-refractivity contribution in [2.75, 3.05) is 24.7 Å². The second-order valence-corrected chi connectivity index (χ2v) is 8.93. The van der Waals surface area contributed by atoms with Crippen LogP contribution in [0, 0.1) is 6.92 Å². The number of nitrogens with zero attached hydrogens (tertiary/aromatic N) is 1. The number of ether oxygens (including phenoxy) is 1. The van der Waals surface area contributed by atoms with Gasteiger partial charge in [0.15, 0.2) is 6.61 Å². The molecule has 1 aliphatic heterocycles. The maximum absolute atomic E-state index is 12.3. The number of nitrogens with one attached hydrogen (secondary N) is 1. The molecule has 2 aromatic rings. The predicted octanol–water partition coefficient (Wildman–Crippen LogP) is 2.98. The monoisotopic (exact) mass is 408 g/mol. The maximum Gasteiger partial charge on any atom is 0.262 e. The average molecular weight is 409 g/mol. The van der Waals surface area contributed by atoms with Gasteiger partial charge in [-0.05, 0) is 54.3 Å². The summed E-state index contributed by atoms with van der Waals surface area (Å²) in [5, 5.41) is 3.51. The third-order valence-corrected chi connectivity index (χ3v) is 6.15. The summed E-state index contributed by atoms with van der Waals surface area (Å²) < 4.78 is 30.5. The van der Waals surface area contributed by atoms with Crippen molar-refractivity contribution < 1.29 is 17.9 Å². The summed E-state index contributed by atoms with van der Waals surface area (Å²) in [5.41, 5.74) is 3.44. The van der Waals surface area contributed by atoms with Crippen LogP contribution in [0.5, 0.6) is 5.75 Å². The van der Waals surface area contributed by atoms with Crippen LogP contribution in [0.2, 0.25) is 5.02 Å².